The minimum Gasteiger partial charge on any atom is -0.493 e. The minimum atomic E-state index is -0.0865. The molecule has 1 aromatic heterocycles. The summed E-state index contributed by atoms with van der Waals surface area (Å²) in [5.74, 6) is 0.675. The van der Waals surface area contributed by atoms with Gasteiger partial charge in [0.05, 0.1) is 18.7 Å². The second kappa shape index (κ2) is 7.61. The molecule has 0 unspecified atom stereocenters. The highest BCUT2D eigenvalue weighted by Crippen LogP contribution is 2.24. The summed E-state index contributed by atoms with van der Waals surface area (Å²) in [5.41, 5.74) is 8.19. The van der Waals surface area contributed by atoms with Crippen LogP contribution in [0, 0.1) is 0 Å². The second-order valence-electron chi connectivity index (χ2n) is 5.11. The molecule has 0 aliphatic heterocycles. The van der Waals surface area contributed by atoms with Crippen molar-refractivity contribution in [2.75, 3.05) is 17.7 Å². The summed E-state index contributed by atoms with van der Waals surface area (Å²) in [5, 5.41) is 5.30. The maximum absolute atomic E-state index is 11.9. The molecule has 0 aliphatic rings. The van der Waals surface area contributed by atoms with Crippen LogP contribution in [0.15, 0.2) is 60.0 Å². The first-order valence-corrected chi connectivity index (χ1v) is 8.38. The average Bonchev–Trinajstić information content (AvgIpc) is 3.03. The summed E-state index contributed by atoms with van der Waals surface area (Å²) in [6.45, 7) is 0.339. The van der Waals surface area contributed by atoms with Crippen LogP contribution in [0.3, 0.4) is 0 Å². The normalized spacial score (nSPS) is 10.3. The van der Waals surface area contributed by atoms with Gasteiger partial charge in [-0.2, -0.15) is 0 Å². The van der Waals surface area contributed by atoms with Gasteiger partial charge in [-0.15, -0.1) is 11.3 Å². The third-order valence-electron chi connectivity index (χ3n) is 3.33. The molecule has 0 atom stereocenters. The lowest BCUT2D eigenvalue weighted by atomic mass is 10.1. The Kier molecular flexibility index (Phi) is 5.08. The van der Waals surface area contributed by atoms with Crippen LogP contribution in [0.4, 0.5) is 10.8 Å². The Labute approximate surface area is 144 Å². The first-order chi connectivity index (χ1) is 11.7. The number of carbonyl (C=O) groups is 1. The van der Waals surface area contributed by atoms with Gasteiger partial charge in [-0.3, -0.25) is 4.79 Å². The van der Waals surface area contributed by atoms with E-state index in [4.69, 9.17) is 10.5 Å². The number of nitrogens with zero attached hydrogens (tertiary/aromatic N) is 1. The Hall–Kier alpha value is -2.86. The molecule has 122 valence electrons. The predicted octanol–water partition coefficient (Wildman–Crippen LogP) is 3.80. The molecule has 3 rings (SSSR count). The van der Waals surface area contributed by atoms with Gasteiger partial charge in [0.25, 0.3) is 0 Å². The van der Waals surface area contributed by atoms with Gasteiger partial charge >= 0.3 is 0 Å². The van der Waals surface area contributed by atoms with E-state index in [1.165, 1.54) is 11.3 Å². The van der Waals surface area contributed by atoms with Crippen LogP contribution < -0.4 is 15.8 Å². The molecular weight excluding hydrogens is 322 g/mol. The molecule has 6 heteroatoms. The largest absolute Gasteiger partial charge is 0.493 e. The third kappa shape index (κ3) is 4.33. The Morgan fingerprint density at radius 1 is 1.12 bits per heavy atom. The number of anilines is 2. The van der Waals surface area contributed by atoms with Gasteiger partial charge in [-0.25, -0.2) is 4.98 Å². The Morgan fingerprint density at radius 3 is 2.54 bits per heavy atom. The Morgan fingerprint density at radius 2 is 1.88 bits per heavy atom. The number of hydrogen-bond donors (Lipinski definition) is 2. The summed E-state index contributed by atoms with van der Waals surface area (Å²) < 4.78 is 5.51. The number of aromatic nitrogens is 1. The van der Waals surface area contributed by atoms with Gasteiger partial charge in [0.15, 0.2) is 5.13 Å². The van der Waals surface area contributed by atoms with Crippen molar-refractivity contribution in [2.24, 2.45) is 0 Å². The van der Waals surface area contributed by atoms with Crippen molar-refractivity contribution in [3.05, 3.63) is 60.0 Å². The van der Waals surface area contributed by atoms with Crippen LogP contribution in [0.5, 0.6) is 5.75 Å². The molecule has 0 saturated carbocycles. The van der Waals surface area contributed by atoms with Gasteiger partial charge in [0.2, 0.25) is 5.91 Å². The summed E-state index contributed by atoms with van der Waals surface area (Å²) in [6.07, 6.45) is 0.291. The number of carbonyl (C=O) groups excluding carboxylic acids is 1. The van der Waals surface area contributed by atoms with Gasteiger partial charge < -0.3 is 15.8 Å². The van der Waals surface area contributed by atoms with E-state index in [1.807, 2.05) is 60.0 Å². The zero-order chi connectivity index (χ0) is 16.8. The summed E-state index contributed by atoms with van der Waals surface area (Å²) in [7, 11) is 0. The van der Waals surface area contributed by atoms with Crippen LogP contribution in [-0.2, 0) is 4.79 Å². The van der Waals surface area contributed by atoms with Gasteiger partial charge in [0.1, 0.15) is 5.75 Å². The van der Waals surface area contributed by atoms with E-state index >= 15 is 0 Å². The number of benzene rings is 2. The fourth-order valence-corrected chi connectivity index (χ4v) is 2.72. The van der Waals surface area contributed by atoms with Crippen molar-refractivity contribution in [1.29, 1.82) is 0 Å². The number of nitrogens with two attached hydrogens (primary N) is 1. The van der Waals surface area contributed by atoms with Crippen LogP contribution in [0.25, 0.3) is 11.3 Å². The topological polar surface area (TPSA) is 77.2 Å². The lowest BCUT2D eigenvalue weighted by molar-refractivity contribution is -0.116. The molecule has 0 bridgehead atoms. The summed E-state index contributed by atoms with van der Waals surface area (Å²) in [4.78, 5) is 16.2. The lowest BCUT2D eigenvalue weighted by Crippen LogP contribution is -2.15. The molecule has 1 amide bonds. The second-order valence-corrected chi connectivity index (χ2v) is 6.00. The molecule has 1 heterocycles. The van der Waals surface area contributed by atoms with Crippen LogP contribution in [-0.4, -0.2) is 17.5 Å². The molecule has 0 aliphatic carbocycles. The number of ether oxygens (including phenoxy) is 1. The highest BCUT2D eigenvalue weighted by molar-refractivity contribution is 7.13. The molecule has 0 spiro atoms. The summed E-state index contributed by atoms with van der Waals surface area (Å²) in [6, 6.07) is 16.9. The highest BCUT2D eigenvalue weighted by Gasteiger charge is 2.05. The fourth-order valence-electron chi connectivity index (χ4n) is 2.15. The van der Waals surface area contributed by atoms with Crippen LogP contribution in [0.2, 0.25) is 0 Å². The predicted molar refractivity (Wildman–Crippen MR) is 97.1 cm³/mol. The molecule has 0 fully saturated rings. The van der Waals surface area contributed by atoms with E-state index in [9.17, 15) is 4.79 Å². The number of thiazole rings is 1. The molecule has 2 aromatic carbocycles. The Bertz CT molecular complexity index is 801. The maximum atomic E-state index is 11.9. The van der Waals surface area contributed by atoms with E-state index in [1.54, 1.807) is 0 Å². The molecule has 5 nitrogen and oxygen atoms in total. The Balaban J connectivity index is 1.49. The van der Waals surface area contributed by atoms with E-state index in [0.29, 0.717) is 18.2 Å². The van der Waals surface area contributed by atoms with Crippen LogP contribution in [0.1, 0.15) is 6.42 Å². The van der Waals surface area contributed by atoms with E-state index < -0.39 is 0 Å². The van der Waals surface area contributed by atoms with Crippen molar-refractivity contribution in [3.63, 3.8) is 0 Å². The van der Waals surface area contributed by atoms with Gasteiger partial charge in [-0.1, -0.05) is 30.3 Å². The number of nitrogens with one attached hydrogen (secondary N) is 1. The fraction of sp³-hybridized carbons (Fsp3) is 0.111. The minimum absolute atomic E-state index is 0.0865. The zero-order valence-corrected chi connectivity index (χ0v) is 13.8. The molecular formula is C18H17N3O2S. The molecule has 24 heavy (non-hydrogen) atoms. The van der Waals surface area contributed by atoms with E-state index in [2.05, 4.69) is 10.3 Å². The van der Waals surface area contributed by atoms with E-state index in [-0.39, 0.29) is 5.91 Å². The molecule has 0 radical (unpaired) electrons. The third-order valence-corrected chi connectivity index (χ3v) is 4.00. The SMILES string of the molecule is Nc1nc(-c2ccc(NC(=O)CCOc3ccccc3)cc2)cs1. The average molecular weight is 339 g/mol. The highest BCUT2D eigenvalue weighted by atomic mass is 32.1. The maximum Gasteiger partial charge on any atom is 0.227 e. The number of hydrogen-bond acceptors (Lipinski definition) is 5. The van der Waals surface area contributed by atoms with Crippen molar-refractivity contribution in [1.82, 2.24) is 4.98 Å². The monoisotopic (exact) mass is 339 g/mol. The van der Waals surface area contributed by atoms with Gasteiger partial charge in [0, 0.05) is 16.6 Å². The quantitative estimate of drug-likeness (QED) is 0.716. The molecule has 3 aromatic rings. The van der Waals surface area contributed by atoms with Crippen molar-refractivity contribution in [2.45, 2.75) is 6.42 Å². The first kappa shape index (κ1) is 16.0. The number of para-hydroxylation sites is 1. The number of amides is 1. The van der Waals surface area contributed by atoms with Crippen molar-refractivity contribution < 1.29 is 9.53 Å². The first-order valence-electron chi connectivity index (χ1n) is 7.50. The van der Waals surface area contributed by atoms with Gasteiger partial charge in [-0.05, 0) is 24.3 Å². The number of rotatable bonds is 6. The zero-order valence-electron chi connectivity index (χ0n) is 12.9. The van der Waals surface area contributed by atoms with E-state index in [0.717, 1.165) is 22.7 Å². The molecule has 3 N–H and O–H groups in total. The van der Waals surface area contributed by atoms with Crippen LogP contribution >= 0.6 is 11.3 Å². The standard InChI is InChI=1S/C18H17N3O2S/c19-18-21-16(12-24-18)13-6-8-14(9-7-13)20-17(22)10-11-23-15-4-2-1-3-5-15/h1-9,12H,10-11H2,(H2,19,21)(H,20,22). The summed E-state index contributed by atoms with van der Waals surface area (Å²) >= 11 is 1.40. The lowest BCUT2D eigenvalue weighted by Gasteiger charge is -2.07. The number of nitrogen functional groups attached to an aromatic ring is 1. The molecule has 0 saturated heterocycles. The smallest absolute Gasteiger partial charge is 0.227 e. The van der Waals surface area contributed by atoms with Crippen molar-refractivity contribution >= 4 is 28.1 Å². The van der Waals surface area contributed by atoms with Crippen molar-refractivity contribution in [3.8, 4) is 17.0 Å².